The average molecular weight is 457 g/mol. The van der Waals surface area contributed by atoms with E-state index in [1.54, 1.807) is 24.3 Å². The van der Waals surface area contributed by atoms with Gasteiger partial charge in [-0.25, -0.2) is 4.79 Å². The lowest BCUT2D eigenvalue weighted by Gasteiger charge is -2.37. The Hall–Kier alpha value is -2.45. The van der Waals surface area contributed by atoms with Crippen molar-refractivity contribution in [2.75, 3.05) is 44.2 Å². The van der Waals surface area contributed by atoms with Gasteiger partial charge in [0.1, 0.15) is 0 Å². The minimum Gasteiger partial charge on any atom is -0.375 e. The normalized spacial score (nSPS) is 21.5. The van der Waals surface area contributed by atoms with Gasteiger partial charge in [-0.1, -0.05) is 19.9 Å². The molecule has 3 saturated heterocycles. The first-order chi connectivity index (χ1) is 15.9. The van der Waals surface area contributed by atoms with Gasteiger partial charge in [0.05, 0.1) is 12.2 Å². The number of carbonyl (C=O) groups is 3. The molecule has 33 heavy (non-hydrogen) atoms. The number of imide groups is 1. The van der Waals surface area contributed by atoms with Gasteiger partial charge in [0, 0.05) is 56.9 Å². The van der Waals surface area contributed by atoms with E-state index in [-0.39, 0.29) is 24.3 Å². The fourth-order valence-corrected chi connectivity index (χ4v) is 5.01. The highest BCUT2D eigenvalue weighted by atomic mass is 16.5. The van der Waals surface area contributed by atoms with Crippen LogP contribution in [-0.4, -0.2) is 79.1 Å². The minimum atomic E-state index is -0.441. The van der Waals surface area contributed by atoms with E-state index in [0.29, 0.717) is 42.9 Å². The van der Waals surface area contributed by atoms with E-state index in [9.17, 15) is 14.4 Å². The Morgan fingerprint density at radius 3 is 2.33 bits per heavy atom. The molecule has 180 valence electrons. The number of nitrogens with one attached hydrogen (secondary N) is 1. The molecule has 0 spiro atoms. The summed E-state index contributed by atoms with van der Waals surface area (Å²) in [6, 6.07) is 6.66. The highest BCUT2D eigenvalue weighted by Gasteiger charge is 2.29. The molecule has 0 saturated carbocycles. The maximum Gasteiger partial charge on any atom is 0.328 e. The predicted molar refractivity (Wildman–Crippen MR) is 126 cm³/mol. The zero-order valence-corrected chi connectivity index (χ0v) is 19.8. The van der Waals surface area contributed by atoms with Gasteiger partial charge in [0.15, 0.2) is 0 Å². The summed E-state index contributed by atoms with van der Waals surface area (Å²) in [6.45, 7) is 9.59. The van der Waals surface area contributed by atoms with E-state index in [1.807, 2.05) is 4.90 Å². The number of hydrogen-bond donors (Lipinski definition) is 1. The lowest BCUT2D eigenvalue weighted by Crippen LogP contribution is -2.49. The van der Waals surface area contributed by atoms with Crippen molar-refractivity contribution >= 4 is 23.5 Å². The van der Waals surface area contributed by atoms with Gasteiger partial charge in [-0.05, 0) is 49.8 Å². The number of amides is 4. The molecule has 4 rings (SSSR count). The van der Waals surface area contributed by atoms with Crippen molar-refractivity contribution < 1.29 is 19.1 Å². The van der Waals surface area contributed by atoms with Crippen molar-refractivity contribution in [1.82, 2.24) is 15.1 Å². The summed E-state index contributed by atoms with van der Waals surface area (Å²) in [5.74, 6) is 0.409. The van der Waals surface area contributed by atoms with Crippen LogP contribution in [0.25, 0.3) is 0 Å². The summed E-state index contributed by atoms with van der Waals surface area (Å²) in [5, 5.41) is 2.32. The molecule has 3 heterocycles. The third kappa shape index (κ3) is 6.12. The second-order valence-corrected chi connectivity index (χ2v) is 9.83. The molecule has 8 heteroatoms. The number of hydrogen-bond acceptors (Lipinski definition) is 5. The maximum absolute atomic E-state index is 13.1. The molecule has 0 radical (unpaired) electrons. The summed E-state index contributed by atoms with van der Waals surface area (Å²) in [5.41, 5.74) is 1.20. The fraction of sp³-hybridized carbons (Fsp3) is 0.640. The first-order valence-corrected chi connectivity index (χ1v) is 12.3. The molecule has 0 bridgehead atoms. The Morgan fingerprint density at radius 1 is 1.03 bits per heavy atom. The SMILES string of the molecule is CC(C)CN1CCC(OC2CCN(C(=O)c3cccc(N4CCC(=O)NC4=O)c3)CC2)CC1. The summed E-state index contributed by atoms with van der Waals surface area (Å²) in [6.07, 6.45) is 4.70. The molecule has 0 aliphatic carbocycles. The molecule has 8 nitrogen and oxygen atoms in total. The van der Waals surface area contributed by atoms with Crippen LogP contribution in [0.15, 0.2) is 24.3 Å². The summed E-state index contributed by atoms with van der Waals surface area (Å²) in [7, 11) is 0. The Labute approximate surface area is 196 Å². The highest BCUT2D eigenvalue weighted by Crippen LogP contribution is 2.24. The smallest absolute Gasteiger partial charge is 0.328 e. The molecule has 1 aromatic carbocycles. The Balaban J connectivity index is 1.26. The molecule has 0 aromatic heterocycles. The average Bonchev–Trinajstić information content (AvgIpc) is 2.80. The van der Waals surface area contributed by atoms with Gasteiger partial charge < -0.3 is 14.5 Å². The predicted octanol–water partition coefficient (Wildman–Crippen LogP) is 2.87. The van der Waals surface area contributed by atoms with Gasteiger partial charge in [-0.15, -0.1) is 0 Å². The van der Waals surface area contributed by atoms with Crippen LogP contribution < -0.4 is 10.2 Å². The van der Waals surface area contributed by atoms with Crippen LogP contribution in [-0.2, 0) is 9.53 Å². The molecule has 3 fully saturated rings. The van der Waals surface area contributed by atoms with Crippen molar-refractivity contribution in [3.8, 4) is 0 Å². The van der Waals surface area contributed by atoms with Crippen LogP contribution in [0.4, 0.5) is 10.5 Å². The first kappa shape index (κ1) is 23.7. The van der Waals surface area contributed by atoms with E-state index in [4.69, 9.17) is 4.74 Å². The third-order valence-corrected chi connectivity index (χ3v) is 6.73. The zero-order chi connectivity index (χ0) is 23.4. The molecule has 0 atom stereocenters. The van der Waals surface area contributed by atoms with Crippen molar-refractivity contribution in [3.05, 3.63) is 29.8 Å². The van der Waals surface area contributed by atoms with Crippen molar-refractivity contribution in [3.63, 3.8) is 0 Å². The van der Waals surface area contributed by atoms with Crippen molar-refractivity contribution in [1.29, 1.82) is 0 Å². The summed E-state index contributed by atoms with van der Waals surface area (Å²) >= 11 is 0. The third-order valence-electron chi connectivity index (χ3n) is 6.73. The lowest BCUT2D eigenvalue weighted by atomic mass is 10.0. The molecule has 3 aliphatic heterocycles. The molecule has 4 amide bonds. The second kappa shape index (κ2) is 10.7. The molecule has 3 aliphatic rings. The quantitative estimate of drug-likeness (QED) is 0.712. The van der Waals surface area contributed by atoms with Crippen LogP contribution >= 0.6 is 0 Å². The Bertz CT molecular complexity index is 858. The number of urea groups is 1. The number of benzene rings is 1. The van der Waals surface area contributed by atoms with E-state index >= 15 is 0 Å². The first-order valence-electron chi connectivity index (χ1n) is 12.3. The van der Waals surface area contributed by atoms with E-state index in [0.717, 1.165) is 45.3 Å². The molecular weight excluding hydrogens is 420 g/mol. The molecular formula is C25H36N4O4. The van der Waals surface area contributed by atoms with E-state index in [2.05, 4.69) is 24.1 Å². The summed E-state index contributed by atoms with van der Waals surface area (Å²) < 4.78 is 6.40. The second-order valence-electron chi connectivity index (χ2n) is 9.83. The van der Waals surface area contributed by atoms with Gasteiger partial charge in [-0.3, -0.25) is 19.8 Å². The standard InChI is InChI=1S/C25H36N4O4/c1-18(2)17-27-11-6-21(7-12-27)33-22-8-13-28(14-9-22)24(31)19-4-3-5-20(16-19)29-15-10-23(30)26-25(29)32/h3-5,16,18,21-22H,6-15,17H2,1-2H3,(H,26,30,32). The van der Waals surface area contributed by atoms with Crippen LogP contribution in [0.1, 0.15) is 56.3 Å². The van der Waals surface area contributed by atoms with Crippen LogP contribution in [0.3, 0.4) is 0 Å². The van der Waals surface area contributed by atoms with Gasteiger partial charge >= 0.3 is 6.03 Å². The van der Waals surface area contributed by atoms with Crippen molar-refractivity contribution in [2.45, 2.75) is 58.2 Å². The highest BCUT2D eigenvalue weighted by molar-refractivity contribution is 6.06. The lowest BCUT2D eigenvalue weighted by molar-refractivity contribution is -0.120. The van der Waals surface area contributed by atoms with E-state index in [1.165, 1.54) is 4.90 Å². The Morgan fingerprint density at radius 2 is 1.70 bits per heavy atom. The number of rotatable bonds is 6. The fourth-order valence-electron chi connectivity index (χ4n) is 5.01. The zero-order valence-electron chi connectivity index (χ0n) is 19.8. The van der Waals surface area contributed by atoms with Crippen LogP contribution in [0.2, 0.25) is 0 Å². The number of nitrogens with zero attached hydrogens (tertiary/aromatic N) is 3. The number of carbonyl (C=O) groups excluding carboxylic acids is 3. The summed E-state index contributed by atoms with van der Waals surface area (Å²) in [4.78, 5) is 42.6. The topological polar surface area (TPSA) is 82.2 Å². The molecule has 1 aromatic rings. The van der Waals surface area contributed by atoms with Crippen LogP contribution in [0, 0.1) is 5.92 Å². The largest absolute Gasteiger partial charge is 0.375 e. The number of ether oxygens (including phenoxy) is 1. The van der Waals surface area contributed by atoms with Gasteiger partial charge in [0.25, 0.3) is 5.91 Å². The van der Waals surface area contributed by atoms with Crippen molar-refractivity contribution in [2.24, 2.45) is 5.92 Å². The maximum atomic E-state index is 13.1. The monoisotopic (exact) mass is 456 g/mol. The van der Waals surface area contributed by atoms with E-state index < -0.39 is 6.03 Å². The van der Waals surface area contributed by atoms with Crippen LogP contribution in [0.5, 0.6) is 0 Å². The van der Waals surface area contributed by atoms with Gasteiger partial charge in [0.2, 0.25) is 5.91 Å². The van der Waals surface area contributed by atoms with Gasteiger partial charge in [-0.2, -0.15) is 0 Å². The molecule has 1 N–H and O–H groups in total. The minimum absolute atomic E-state index is 0.0224. The molecule has 0 unspecified atom stereocenters. The Kier molecular flexibility index (Phi) is 7.65. The number of piperidine rings is 2. The number of anilines is 1. The number of likely N-dealkylation sites (tertiary alicyclic amines) is 2.